The van der Waals surface area contributed by atoms with Crippen molar-refractivity contribution < 1.29 is 9.32 Å². The number of carbonyl (C=O) groups is 1. The van der Waals surface area contributed by atoms with Crippen LogP contribution in [0, 0.1) is 5.92 Å². The zero-order valence-electron chi connectivity index (χ0n) is 11.0. The molecule has 1 amide bonds. The number of carbonyl (C=O) groups excluding carboxylic acids is 1. The van der Waals surface area contributed by atoms with Gasteiger partial charge in [-0.25, -0.2) is 0 Å². The van der Waals surface area contributed by atoms with Crippen LogP contribution in [0.5, 0.6) is 0 Å². The quantitative estimate of drug-likeness (QED) is 0.852. The molecule has 1 aromatic heterocycles. The lowest BCUT2D eigenvalue weighted by Crippen LogP contribution is -2.26. The van der Waals surface area contributed by atoms with E-state index in [9.17, 15) is 4.79 Å². The molecule has 2 aliphatic carbocycles. The van der Waals surface area contributed by atoms with Gasteiger partial charge in [-0.1, -0.05) is 5.16 Å². The van der Waals surface area contributed by atoms with Crippen molar-refractivity contribution in [1.82, 2.24) is 15.5 Å². The van der Waals surface area contributed by atoms with Crippen molar-refractivity contribution in [3.8, 4) is 0 Å². The van der Waals surface area contributed by atoms with E-state index in [0.29, 0.717) is 17.9 Å². The summed E-state index contributed by atoms with van der Waals surface area (Å²) in [6.07, 6.45) is 6.36. The molecule has 1 heterocycles. The summed E-state index contributed by atoms with van der Waals surface area (Å²) >= 11 is 0. The van der Waals surface area contributed by atoms with E-state index >= 15 is 0 Å². The normalized spacial score (nSPS) is 27.2. The highest BCUT2D eigenvalue weighted by Crippen LogP contribution is 2.34. The lowest BCUT2D eigenvalue weighted by Gasteiger charge is -2.24. The summed E-state index contributed by atoms with van der Waals surface area (Å²) in [6, 6.07) is 0.314. The predicted molar refractivity (Wildman–Crippen MR) is 68.5 cm³/mol. The van der Waals surface area contributed by atoms with Crippen LogP contribution < -0.4 is 11.1 Å². The van der Waals surface area contributed by atoms with Crippen molar-refractivity contribution in [2.45, 2.75) is 50.5 Å². The molecule has 0 radical (unpaired) electrons. The minimum absolute atomic E-state index is 0.169. The molecule has 6 heteroatoms. The number of amides is 1. The second-order valence-corrected chi connectivity index (χ2v) is 5.66. The summed E-state index contributed by atoms with van der Waals surface area (Å²) in [4.78, 5) is 16.0. The van der Waals surface area contributed by atoms with Crippen LogP contribution in [0.25, 0.3) is 0 Å². The van der Waals surface area contributed by atoms with Crippen LogP contribution >= 0.6 is 0 Å². The average molecular weight is 264 g/mol. The molecule has 1 aromatic rings. The van der Waals surface area contributed by atoms with Crippen LogP contribution in [0.3, 0.4) is 0 Å². The number of nitrogens with one attached hydrogen (secondary N) is 1. The van der Waals surface area contributed by atoms with Crippen LogP contribution in [-0.2, 0) is 0 Å². The van der Waals surface area contributed by atoms with E-state index < -0.39 is 0 Å². The van der Waals surface area contributed by atoms with Gasteiger partial charge in [0.15, 0.2) is 0 Å². The maximum atomic E-state index is 11.8. The molecule has 2 saturated carbocycles. The van der Waals surface area contributed by atoms with E-state index in [-0.39, 0.29) is 17.6 Å². The molecule has 2 aliphatic rings. The fraction of sp³-hybridized carbons (Fsp3) is 0.769. The number of aromatic nitrogens is 2. The molecule has 104 valence electrons. The van der Waals surface area contributed by atoms with Gasteiger partial charge in [0, 0.05) is 12.0 Å². The Labute approximate surface area is 112 Å². The Morgan fingerprint density at radius 3 is 2.63 bits per heavy atom. The zero-order chi connectivity index (χ0) is 13.2. The standard InChI is InChI=1S/C13H20N4O2/c14-7-8-1-3-9(4-2-8)13-16-11(17-19-13)12(18)15-10-5-6-10/h8-10H,1-7,14H2,(H,15,18). The molecule has 0 atom stereocenters. The van der Waals surface area contributed by atoms with Crippen LogP contribution in [0.15, 0.2) is 4.52 Å². The van der Waals surface area contributed by atoms with Gasteiger partial charge in [0.1, 0.15) is 0 Å². The van der Waals surface area contributed by atoms with Crippen molar-refractivity contribution in [2.75, 3.05) is 6.54 Å². The second-order valence-electron chi connectivity index (χ2n) is 5.66. The predicted octanol–water partition coefficient (Wildman–Crippen LogP) is 1.19. The third-order valence-electron chi connectivity index (χ3n) is 4.09. The van der Waals surface area contributed by atoms with E-state index in [2.05, 4.69) is 15.5 Å². The van der Waals surface area contributed by atoms with Crippen molar-refractivity contribution in [2.24, 2.45) is 11.7 Å². The molecule has 0 aliphatic heterocycles. The molecule has 6 nitrogen and oxygen atoms in total. The maximum absolute atomic E-state index is 11.8. The third-order valence-corrected chi connectivity index (χ3v) is 4.09. The fourth-order valence-electron chi connectivity index (χ4n) is 2.62. The van der Waals surface area contributed by atoms with E-state index in [1.165, 1.54) is 0 Å². The summed E-state index contributed by atoms with van der Waals surface area (Å²) in [5.74, 6) is 1.47. The van der Waals surface area contributed by atoms with Gasteiger partial charge in [0.2, 0.25) is 5.89 Å². The number of hydrogen-bond acceptors (Lipinski definition) is 5. The van der Waals surface area contributed by atoms with Crippen molar-refractivity contribution in [1.29, 1.82) is 0 Å². The Hall–Kier alpha value is -1.43. The molecule has 3 rings (SSSR count). The average Bonchev–Trinajstić information content (AvgIpc) is 3.11. The van der Waals surface area contributed by atoms with E-state index in [0.717, 1.165) is 45.1 Å². The summed E-state index contributed by atoms with van der Waals surface area (Å²) in [5, 5.41) is 6.65. The molecular weight excluding hydrogens is 244 g/mol. The molecule has 19 heavy (non-hydrogen) atoms. The monoisotopic (exact) mass is 264 g/mol. The van der Waals surface area contributed by atoms with Crippen molar-refractivity contribution in [3.05, 3.63) is 11.7 Å². The van der Waals surface area contributed by atoms with E-state index in [4.69, 9.17) is 10.3 Å². The maximum Gasteiger partial charge on any atom is 0.292 e. The Kier molecular flexibility index (Phi) is 3.50. The molecule has 0 spiro atoms. The third kappa shape index (κ3) is 2.94. The first-order chi connectivity index (χ1) is 9.26. The fourth-order valence-corrected chi connectivity index (χ4v) is 2.62. The summed E-state index contributed by atoms with van der Waals surface area (Å²) in [6.45, 7) is 0.756. The first kappa shape index (κ1) is 12.6. The second kappa shape index (κ2) is 5.28. The smallest absolute Gasteiger partial charge is 0.292 e. The van der Waals surface area contributed by atoms with Crippen molar-refractivity contribution >= 4 is 5.91 Å². The Bertz CT molecular complexity index is 447. The molecular formula is C13H20N4O2. The minimum atomic E-state index is -0.215. The molecule has 2 fully saturated rings. The van der Waals surface area contributed by atoms with Gasteiger partial charge in [-0.15, -0.1) is 0 Å². The van der Waals surface area contributed by atoms with Crippen LogP contribution in [-0.4, -0.2) is 28.6 Å². The Balaban J connectivity index is 1.59. The first-order valence-corrected chi connectivity index (χ1v) is 7.10. The van der Waals surface area contributed by atoms with E-state index in [1.54, 1.807) is 0 Å². The highest BCUT2D eigenvalue weighted by atomic mass is 16.5. The summed E-state index contributed by atoms with van der Waals surface area (Å²) < 4.78 is 5.24. The number of rotatable bonds is 4. The van der Waals surface area contributed by atoms with E-state index in [1.807, 2.05) is 0 Å². The Morgan fingerprint density at radius 1 is 1.26 bits per heavy atom. The molecule has 0 unspecified atom stereocenters. The topological polar surface area (TPSA) is 94.0 Å². The van der Waals surface area contributed by atoms with Gasteiger partial charge in [-0.3, -0.25) is 4.79 Å². The van der Waals surface area contributed by atoms with Crippen LogP contribution in [0.1, 0.15) is 61.0 Å². The van der Waals surface area contributed by atoms with Gasteiger partial charge in [-0.05, 0) is 51.0 Å². The summed E-state index contributed by atoms with van der Waals surface area (Å²) in [5.41, 5.74) is 5.68. The largest absolute Gasteiger partial charge is 0.346 e. The zero-order valence-corrected chi connectivity index (χ0v) is 11.0. The lowest BCUT2D eigenvalue weighted by molar-refractivity contribution is 0.0937. The van der Waals surface area contributed by atoms with Crippen LogP contribution in [0.4, 0.5) is 0 Å². The number of nitrogens with two attached hydrogens (primary N) is 1. The molecule has 0 bridgehead atoms. The summed E-state index contributed by atoms with van der Waals surface area (Å²) in [7, 11) is 0. The van der Waals surface area contributed by atoms with Gasteiger partial charge in [-0.2, -0.15) is 4.98 Å². The molecule has 0 saturated heterocycles. The minimum Gasteiger partial charge on any atom is -0.346 e. The highest BCUT2D eigenvalue weighted by Gasteiger charge is 2.29. The van der Waals surface area contributed by atoms with Gasteiger partial charge in [0.25, 0.3) is 11.7 Å². The lowest BCUT2D eigenvalue weighted by atomic mass is 9.82. The number of hydrogen-bond donors (Lipinski definition) is 2. The number of nitrogens with zero attached hydrogens (tertiary/aromatic N) is 2. The molecule has 3 N–H and O–H groups in total. The first-order valence-electron chi connectivity index (χ1n) is 7.10. The van der Waals surface area contributed by atoms with Gasteiger partial charge < -0.3 is 15.6 Å². The van der Waals surface area contributed by atoms with Gasteiger partial charge >= 0.3 is 0 Å². The Morgan fingerprint density at radius 2 is 2.00 bits per heavy atom. The van der Waals surface area contributed by atoms with Crippen LogP contribution in [0.2, 0.25) is 0 Å². The SMILES string of the molecule is NCC1CCC(c2nc(C(=O)NC3CC3)no2)CC1. The van der Waals surface area contributed by atoms with Gasteiger partial charge in [0.05, 0.1) is 0 Å². The highest BCUT2D eigenvalue weighted by molar-refractivity contribution is 5.90. The van der Waals surface area contributed by atoms with Crippen molar-refractivity contribution in [3.63, 3.8) is 0 Å². The molecule has 0 aromatic carbocycles.